The Balaban J connectivity index is 3.46. The minimum absolute atomic E-state index is 0.128. The van der Waals surface area contributed by atoms with Crippen molar-refractivity contribution in [2.45, 2.75) is 58.7 Å². The first-order chi connectivity index (χ1) is 7.24. The van der Waals surface area contributed by atoms with Crippen molar-refractivity contribution in [1.29, 1.82) is 0 Å². The first kappa shape index (κ1) is 14.9. The van der Waals surface area contributed by atoms with Gasteiger partial charge in [-0.05, 0) is 19.3 Å². The van der Waals surface area contributed by atoms with Crippen molar-refractivity contribution < 1.29 is 14.6 Å². The monoisotopic (exact) mass is 218 g/mol. The van der Waals surface area contributed by atoms with E-state index >= 15 is 0 Å². The van der Waals surface area contributed by atoms with Gasteiger partial charge in [-0.1, -0.05) is 27.2 Å². The summed E-state index contributed by atoms with van der Waals surface area (Å²) in [5, 5.41) is 9.35. The highest BCUT2D eigenvalue weighted by Crippen LogP contribution is 2.02. The zero-order valence-corrected chi connectivity index (χ0v) is 10.4. The van der Waals surface area contributed by atoms with Crippen LogP contribution in [-0.2, 0) is 9.47 Å². The largest absolute Gasteiger partial charge is 0.391 e. The van der Waals surface area contributed by atoms with E-state index in [9.17, 15) is 5.11 Å². The van der Waals surface area contributed by atoms with Gasteiger partial charge in [0, 0.05) is 6.61 Å². The molecule has 0 fully saturated rings. The average Bonchev–Trinajstić information content (AvgIpc) is 2.27. The summed E-state index contributed by atoms with van der Waals surface area (Å²) in [6.07, 6.45) is 3.73. The van der Waals surface area contributed by atoms with Crippen LogP contribution < -0.4 is 0 Å². The number of ether oxygens (including phenoxy) is 2. The summed E-state index contributed by atoms with van der Waals surface area (Å²) in [5.41, 5.74) is 0. The predicted molar refractivity (Wildman–Crippen MR) is 62.1 cm³/mol. The molecule has 0 heterocycles. The fourth-order valence-electron chi connectivity index (χ4n) is 1.11. The maximum absolute atomic E-state index is 9.35. The van der Waals surface area contributed by atoms with Crippen LogP contribution in [0.4, 0.5) is 0 Å². The third-order valence-corrected chi connectivity index (χ3v) is 2.40. The van der Waals surface area contributed by atoms with Crippen LogP contribution in [0.1, 0.15) is 46.5 Å². The Hall–Kier alpha value is -0.120. The average molecular weight is 218 g/mol. The van der Waals surface area contributed by atoms with Crippen LogP contribution in [0.25, 0.3) is 0 Å². The van der Waals surface area contributed by atoms with Gasteiger partial charge in [-0.2, -0.15) is 0 Å². The molecule has 1 N–H and O–H groups in total. The number of hydrogen-bond acceptors (Lipinski definition) is 3. The predicted octanol–water partition coefficient (Wildman–Crippen LogP) is 2.37. The number of aliphatic hydroxyl groups is 1. The van der Waals surface area contributed by atoms with Crippen molar-refractivity contribution in [1.82, 2.24) is 0 Å². The van der Waals surface area contributed by atoms with Gasteiger partial charge in [0.1, 0.15) is 0 Å². The molecule has 0 aromatic carbocycles. The molecule has 0 saturated heterocycles. The Labute approximate surface area is 93.8 Å². The van der Waals surface area contributed by atoms with Crippen molar-refractivity contribution in [2.24, 2.45) is 0 Å². The zero-order chi connectivity index (χ0) is 11.5. The number of hydrogen-bond donors (Lipinski definition) is 1. The highest BCUT2D eigenvalue weighted by Gasteiger charge is 2.09. The maximum Gasteiger partial charge on any atom is 0.0807 e. The fourth-order valence-corrected chi connectivity index (χ4v) is 1.11. The van der Waals surface area contributed by atoms with Crippen molar-refractivity contribution >= 4 is 0 Å². The fraction of sp³-hybridized carbons (Fsp3) is 1.00. The molecule has 92 valence electrons. The molecule has 0 aliphatic heterocycles. The molecule has 0 aromatic rings. The van der Waals surface area contributed by atoms with Gasteiger partial charge >= 0.3 is 0 Å². The zero-order valence-electron chi connectivity index (χ0n) is 10.4. The summed E-state index contributed by atoms with van der Waals surface area (Å²) >= 11 is 0. The second kappa shape index (κ2) is 10.4. The van der Waals surface area contributed by atoms with Crippen LogP contribution in [0.5, 0.6) is 0 Å². The van der Waals surface area contributed by atoms with Crippen molar-refractivity contribution in [3.8, 4) is 0 Å². The quantitative estimate of drug-likeness (QED) is 0.572. The summed E-state index contributed by atoms with van der Waals surface area (Å²) in [5.74, 6) is 0. The summed E-state index contributed by atoms with van der Waals surface area (Å²) in [6.45, 7) is 8.06. The minimum Gasteiger partial charge on any atom is -0.391 e. The van der Waals surface area contributed by atoms with Crippen LogP contribution >= 0.6 is 0 Å². The highest BCUT2D eigenvalue weighted by molar-refractivity contribution is 4.56. The molecular formula is C12H26O3. The normalized spacial score (nSPS) is 15.2. The van der Waals surface area contributed by atoms with E-state index in [1.807, 2.05) is 6.92 Å². The maximum atomic E-state index is 9.35. The lowest BCUT2D eigenvalue weighted by Crippen LogP contribution is -2.24. The van der Waals surface area contributed by atoms with Gasteiger partial charge in [0.05, 0.1) is 25.4 Å². The third kappa shape index (κ3) is 8.85. The summed E-state index contributed by atoms with van der Waals surface area (Å²) in [4.78, 5) is 0. The lowest BCUT2D eigenvalue weighted by atomic mass is 10.2. The first-order valence-corrected chi connectivity index (χ1v) is 6.11. The molecular weight excluding hydrogens is 192 g/mol. The highest BCUT2D eigenvalue weighted by atomic mass is 16.5. The molecule has 0 bridgehead atoms. The van der Waals surface area contributed by atoms with Gasteiger partial charge in [-0.15, -0.1) is 0 Å². The molecule has 0 spiro atoms. The molecule has 3 heteroatoms. The second-order valence-electron chi connectivity index (χ2n) is 3.85. The van der Waals surface area contributed by atoms with E-state index in [0.29, 0.717) is 13.2 Å². The molecule has 2 atom stereocenters. The molecule has 0 saturated carbocycles. The SMILES string of the molecule is CCCCOCC(CC)OCC(O)CC. The van der Waals surface area contributed by atoms with Crippen LogP contribution in [-0.4, -0.2) is 37.1 Å². The molecule has 3 nitrogen and oxygen atoms in total. The standard InChI is InChI=1S/C12H26O3/c1-4-7-8-14-10-12(6-3)15-9-11(13)5-2/h11-13H,4-10H2,1-3H3. The second-order valence-corrected chi connectivity index (χ2v) is 3.85. The minimum atomic E-state index is -0.338. The summed E-state index contributed by atoms with van der Waals surface area (Å²) in [6, 6.07) is 0. The Kier molecular flexibility index (Phi) is 10.3. The molecule has 0 aliphatic carbocycles. The Morgan fingerprint density at radius 1 is 1.07 bits per heavy atom. The Bertz CT molecular complexity index is 128. The van der Waals surface area contributed by atoms with Gasteiger partial charge < -0.3 is 14.6 Å². The van der Waals surface area contributed by atoms with E-state index in [4.69, 9.17) is 9.47 Å². The van der Waals surface area contributed by atoms with Crippen LogP contribution in [0, 0.1) is 0 Å². The van der Waals surface area contributed by atoms with E-state index in [2.05, 4.69) is 13.8 Å². The Morgan fingerprint density at radius 3 is 2.33 bits per heavy atom. The van der Waals surface area contributed by atoms with Gasteiger partial charge in [-0.25, -0.2) is 0 Å². The van der Waals surface area contributed by atoms with E-state index in [1.165, 1.54) is 0 Å². The molecule has 0 radical (unpaired) electrons. The van der Waals surface area contributed by atoms with E-state index in [-0.39, 0.29) is 12.2 Å². The first-order valence-electron chi connectivity index (χ1n) is 6.11. The molecule has 0 rings (SSSR count). The smallest absolute Gasteiger partial charge is 0.0807 e. The van der Waals surface area contributed by atoms with E-state index < -0.39 is 0 Å². The van der Waals surface area contributed by atoms with Gasteiger partial charge in [0.25, 0.3) is 0 Å². The van der Waals surface area contributed by atoms with Gasteiger partial charge in [-0.3, -0.25) is 0 Å². The van der Waals surface area contributed by atoms with E-state index in [1.54, 1.807) is 0 Å². The number of rotatable bonds is 10. The molecule has 2 unspecified atom stereocenters. The molecule has 0 amide bonds. The summed E-state index contributed by atoms with van der Waals surface area (Å²) in [7, 11) is 0. The molecule has 0 aromatic heterocycles. The number of aliphatic hydroxyl groups excluding tert-OH is 1. The van der Waals surface area contributed by atoms with Crippen LogP contribution in [0.15, 0.2) is 0 Å². The van der Waals surface area contributed by atoms with Crippen LogP contribution in [0.2, 0.25) is 0 Å². The summed E-state index contributed by atoms with van der Waals surface area (Å²) < 4.78 is 11.0. The van der Waals surface area contributed by atoms with Crippen molar-refractivity contribution in [3.05, 3.63) is 0 Å². The van der Waals surface area contributed by atoms with Gasteiger partial charge in [0.15, 0.2) is 0 Å². The lowest BCUT2D eigenvalue weighted by Gasteiger charge is -2.18. The topological polar surface area (TPSA) is 38.7 Å². The van der Waals surface area contributed by atoms with Crippen molar-refractivity contribution in [2.75, 3.05) is 19.8 Å². The van der Waals surface area contributed by atoms with Crippen LogP contribution in [0.3, 0.4) is 0 Å². The molecule has 0 aliphatic rings. The van der Waals surface area contributed by atoms with E-state index in [0.717, 1.165) is 32.3 Å². The third-order valence-electron chi connectivity index (χ3n) is 2.40. The molecule has 15 heavy (non-hydrogen) atoms. The van der Waals surface area contributed by atoms with Crippen molar-refractivity contribution in [3.63, 3.8) is 0 Å². The Morgan fingerprint density at radius 2 is 1.80 bits per heavy atom. The lowest BCUT2D eigenvalue weighted by molar-refractivity contribution is -0.0506. The number of unbranched alkanes of at least 4 members (excludes halogenated alkanes) is 1. The van der Waals surface area contributed by atoms with Gasteiger partial charge in [0.2, 0.25) is 0 Å².